The summed E-state index contributed by atoms with van der Waals surface area (Å²) >= 11 is 0. The molecule has 0 N–H and O–H groups in total. The fourth-order valence-electron chi connectivity index (χ4n) is 2.08. The van der Waals surface area contributed by atoms with Crippen molar-refractivity contribution in [2.45, 2.75) is 26.2 Å². The van der Waals surface area contributed by atoms with E-state index in [0.717, 1.165) is 25.9 Å². The highest BCUT2D eigenvalue weighted by molar-refractivity contribution is 6.00. The van der Waals surface area contributed by atoms with Crippen molar-refractivity contribution in [2.75, 3.05) is 33.9 Å². The summed E-state index contributed by atoms with van der Waals surface area (Å²) in [6.07, 6.45) is 3.49. The maximum atomic E-state index is 11.7. The third-order valence-corrected chi connectivity index (χ3v) is 3.21. The lowest BCUT2D eigenvalue weighted by atomic mass is 10.1. The molecule has 5 nitrogen and oxygen atoms in total. The number of ether oxygens (including phenoxy) is 2. The van der Waals surface area contributed by atoms with Crippen LogP contribution in [0.5, 0.6) is 0 Å². The minimum absolute atomic E-state index is 0.329. The molecule has 0 aromatic carbocycles. The molecule has 0 amide bonds. The monoisotopic (exact) mass is 255 g/mol. The van der Waals surface area contributed by atoms with Gasteiger partial charge in [-0.25, -0.2) is 9.59 Å². The Morgan fingerprint density at radius 2 is 1.56 bits per heavy atom. The number of piperidine rings is 1. The molecule has 0 radical (unpaired) electrons. The number of carbonyl (C=O) groups excluding carboxylic acids is 2. The predicted molar refractivity (Wildman–Crippen MR) is 67.0 cm³/mol. The molecule has 0 aliphatic carbocycles. The molecule has 1 fully saturated rings. The molecule has 1 aliphatic heterocycles. The number of methoxy groups -OCH3 is 2. The Hall–Kier alpha value is -1.36. The van der Waals surface area contributed by atoms with Crippen LogP contribution in [0.1, 0.15) is 26.2 Å². The fourth-order valence-corrected chi connectivity index (χ4v) is 2.08. The summed E-state index contributed by atoms with van der Waals surface area (Å²) in [4.78, 5) is 25.4. The molecule has 18 heavy (non-hydrogen) atoms. The second-order valence-electron chi connectivity index (χ2n) is 4.42. The van der Waals surface area contributed by atoms with Crippen molar-refractivity contribution < 1.29 is 19.1 Å². The maximum absolute atomic E-state index is 11.7. The average molecular weight is 255 g/mol. The van der Waals surface area contributed by atoms with Gasteiger partial charge in [0.15, 0.2) is 0 Å². The number of nitrogens with zero attached hydrogens (tertiary/aromatic N) is 1. The second-order valence-corrected chi connectivity index (χ2v) is 4.42. The van der Waals surface area contributed by atoms with Crippen molar-refractivity contribution in [3.8, 4) is 0 Å². The molecule has 1 heterocycles. The zero-order valence-electron chi connectivity index (χ0n) is 11.3. The van der Waals surface area contributed by atoms with Gasteiger partial charge in [0.05, 0.1) is 19.8 Å². The lowest BCUT2D eigenvalue weighted by Crippen LogP contribution is -2.34. The van der Waals surface area contributed by atoms with E-state index >= 15 is 0 Å². The molecule has 102 valence electrons. The third-order valence-electron chi connectivity index (χ3n) is 3.21. The number of hydrogen-bond donors (Lipinski definition) is 0. The summed E-state index contributed by atoms with van der Waals surface area (Å²) in [5.74, 6) is -0.934. The Labute approximate surface area is 108 Å². The largest absolute Gasteiger partial charge is 0.466 e. The SMILES string of the molecule is COC(=O)C(C)=C(CN1CCCCC1)C(=O)OC. The van der Waals surface area contributed by atoms with E-state index in [1.54, 1.807) is 6.92 Å². The van der Waals surface area contributed by atoms with Crippen LogP contribution in [0.3, 0.4) is 0 Å². The lowest BCUT2D eigenvalue weighted by Gasteiger charge is -2.27. The number of carbonyl (C=O) groups is 2. The Morgan fingerprint density at radius 3 is 2.06 bits per heavy atom. The van der Waals surface area contributed by atoms with Crippen molar-refractivity contribution >= 4 is 11.9 Å². The molecular formula is C13H21NO4. The van der Waals surface area contributed by atoms with E-state index in [1.807, 2.05) is 0 Å². The van der Waals surface area contributed by atoms with Gasteiger partial charge >= 0.3 is 11.9 Å². The Kier molecular flexibility index (Phi) is 5.85. The smallest absolute Gasteiger partial charge is 0.335 e. The molecule has 1 rings (SSSR count). The van der Waals surface area contributed by atoms with Crippen LogP contribution in [-0.4, -0.2) is 50.7 Å². The molecule has 5 heteroatoms. The lowest BCUT2D eigenvalue weighted by molar-refractivity contribution is -0.139. The minimum Gasteiger partial charge on any atom is -0.466 e. The number of rotatable bonds is 4. The van der Waals surface area contributed by atoms with Crippen molar-refractivity contribution in [3.05, 3.63) is 11.1 Å². The van der Waals surface area contributed by atoms with Crippen molar-refractivity contribution in [3.63, 3.8) is 0 Å². The van der Waals surface area contributed by atoms with Crippen LogP contribution in [0, 0.1) is 0 Å². The van der Waals surface area contributed by atoms with E-state index in [9.17, 15) is 9.59 Å². The van der Waals surface area contributed by atoms with Gasteiger partial charge in [-0.1, -0.05) is 6.42 Å². The van der Waals surface area contributed by atoms with Gasteiger partial charge in [0.25, 0.3) is 0 Å². The topological polar surface area (TPSA) is 55.8 Å². The zero-order chi connectivity index (χ0) is 13.5. The third kappa shape index (κ3) is 3.84. The fraction of sp³-hybridized carbons (Fsp3) is 0.692. The second kappa shape index (κ2) is 7.16. The Balaban J connectivity index is 2.84. The molecule has 0 atom stereocenters. The first-order valence-corrected chi connectivity index (χ1v) is 6.19. The van der Waals surface area contributed by atoms with Gasteiger partial charge in [0.2, 0.25) is 0 Å². The van der Waals surface area contributed by atoms with Crippen LogP contribution in [-0.2, 0) is 19.1 Å². The van der Waals surface area contributed by atoms with E-state index in [4.69, 9.17) is 4.74 Å². The van der Waals surface area contributed by atoms with E-state index in [0.29, 0.717) is 17.7 Å². The average Bonchev–Trinajstić information content (AvgIpc) is 2.43. The first-order chi connectivity index (χ1) is 8.60. The summed E-state index contributed by atoms with van der Waals surface area (Å²) in [7, 11) is 2.63. The van der Waals surface area contributed by atoms with Crippen LogP contribution < -0.4 is 0 Å². The Bertz CT molecular complexity index is 343. The Morgan fingerprint density at radius 1 is 1.00 bits per heavy atom. The van der Waals surface area contributed by atoms with Gasteiger partial charge < -0.3 is 9.47 Å². The normalized spacial score (nSPS) is 17.9. The quantitative estimate of drug-likeness (QED) is 0.557. The van der Waals surface area contributed by atoms with Crippen LogP contribution in [0.15, 0.2) is 11.1 Å². The number of esters is 2. The molecule has 0 unspecified atom stereocenters. The zero-order valence-corrected chi connectivity index (χ0v) is 11.3. The highest BCUT2D eigenvalue weighted by Crippen LogP contribution is 2.15. The van der Waals surface area contributed by atoms with E-state index in [-0.39, 0.29) is 0 Å². The van der Waals surface area contributed by atoms with Gasteiger partial charge in [0.1, 0.15) is 0 Å². The van der Waals surface area contributed by atoms with Gasteiger partial charge in [-0.3, -0.25) is 4.90 Å². The summed E-state index contributed by atoms with van der Waals surface area (Å²) in [5.41, 5.74) is 0.723. The van der Waals surface area contributed by atoms with Crippen LogP contribution in [0.25, 0.3) is 0 Å². The van der Waals surface area contributed by atoms with Crippen molar-refractivity contribution in [1.82, 2.24) is 4.90 Å². The minimum atomic E-state index is -0.479. The molecular weight excluding hydrogens is 234 g/mol. The number of likely N-dealkylation sites (tertiary alicyclic amines) is 1. The molecule has 0 saturated carbocycles. The number of hydrogen-bond acceptors (Lipinski definition) is 5. The van der Waals surface area contributed by atoms with Crippen LogP contribution in [0.4, 0.5) is 0 Å². The molecule has 0 aromatic heterocycles. The molecule has 0 aromatic rings. The van der Waals surface area contributed by atoms with E-state index in [2.05, 4.69) is 9.64 Å². The molecule has 0 bridgehead atoms. The highest BCUT2D eigenvalue weighted by atomic mass is 16.5. The highest BCUT2D eigenvalue weighted by Gasteiger charge is 2.22. The van der Waals surface area contributed by atoms with Gasteiger partial charge in [-0.2, -0.15) is 0 Å². The van der Waals surface area contributed by atoms with Crippen molar-refractivity contribution in [1.29, 1.82) is 0 Å². The van der Waals surface area contributed by atoms with Crippen LogP contribution >= 0.6 is 0 Å². The summed E-state index contributed by atoms with van der Waals surface area (Å²) in [5, 5.41) is 0. The first-order valence-electron chi connectivity index (χ1n) is 6.19. The van der Waals surface area contributed by atoms with Crippen molar-refractivity contribution in [2.24, 2.45) is 0 Å². The standard InChI is InChI=1S/C13H21NO4/c1-10(12(15)17-2)11(13(16)18-3)9-14-7-5-4-6-8-14/h4-9H2,1-3H3. The summed E-state index contributed by atoms with van der Waals surface area (Å²) < 4.78 is 9.39. The molecule has 1 aliphatic rings. The molecule has 0 spiro atoms. The summed E-state index contributed by atoms with van der Waals surface area (Å²) in [6, 6.07) is 0. The van der Waals surface area contributed by atoms with E-state index in [1.165, 1.54) is 20.6 Å². The van der Waals surface area contributed by atoms with Gasteiger partial charge in [-0.05, 0) is 32.9 Å². The maximum Gasteiger partial charge on any atom is 0.335 e. The van der Waals surface area contributed by atoms with Crippen LogP contribution in [0.2, 0.25) is 0 Å². The van der Waals surface area contributed by atoms with E-state index < -0.39 is 11.9 Å². The van der Waals surface area contributed by atoms with Gasteiger partial charge in [0, 0.05) is 12.1 Å². The van der Waals surface area contributed by atoms with Gasteiger partial charge in [-0.15, -0.1) is 0 Å². The first kappa shape index (κ1) is 14.7. The summed E-state index contributed by atoms with van der Waals surface area (Å²) in [6.45, 7) is 3.96. The predicted octanol–water partition coefficient (Wildman–Crippen LogP) is 1.13. The molecule has 1 saturated heterocycles.